The van der Waals surface area contributed by atoms with Gasteiger partial charge in [0, 0.05) is 26.0 Å². The Morgan fingerprint density at radius 2 is 1.78 bits per heavy atom. The first-order valence-electron chi connectivity index (χ1n) is 11.5. The van der Waals surface area contributed by atoms with E-state index in [9.17, 15) is 18.0 Å². The summed E-state index contributed by atoms with van der Waals surface area (Å²) in [7, 11) is -4.18. The number of esters is 2. The number of nitrogens with zero attached hydrogens (tertiary/aromatic N) is 2. The molecule has 0 bridgehead atoms. The zero-order valence-electron chi connectivity index (χ0n) is 20.2. The quantitative estimate of drug-likeness (QED) is 0.556. The predicted octanol–water partition coefficient (Wildman–Crippen LogP) is 2.44. The summed E-state index contributed by atoms with van der Waals surface area (Å²) in [6.07, 6.45) is -1.18. The Bertz CT molecular complexity index is 1260. The highest BCUT2D eigenvalue weighted by molar-refractivity contribution is 7.89. The van der Waals surface area contributed by atoms with Gasteiger partial charge < -0.3 is 19.0 Å². The number of benzene rings is 2. The number of para-hydroxylation sites is 1. The summed E-state index contributed by atoms with van der Waals surface area (Å²) in [5.41, 5.74) is 1.80. The van der Waals surface area contributed by atoms with E-state index in [1.54, 1.807) is 36.4 Å². The monoisotopic (exact) mass is 516 g/mol. The summed E-state index contributed by atoms with van der Waals surface area (Å²) >= 11 is 0. The van der Waals surface area contributed by atoms with Crippen LogP contribution in [0.15, 0.2) is 58.6 Å². The minimum atomic E-state index is -4.18. The van der Waals surface area contributed by atoms with Crippen LogP contribution in [0.3, 0.4) is 0 Å². The summed E-state index contributed by atoms with van der Waals surface area (Å²) in [5, 5.41) is 4.10. The van der Waals surface area contributed by atoms with Gasteiger partial charge in [0.2, 0.25) is 10.0 Å². The highest BCUT2D eigenvalue weighted by Crippen LogP contribution is 2.32. The highest BCUT2D eigenvalue weighted by Gasteiger charge is 2.46. The van der Waals surface area contributed by atoms with Gasteiger partial charge in [-0.3, -0.25) is 9.59 Å². The Kier molecular flexibility index (Phi) is 7.60. The topological polar surface area (TPSA) is 121 Å². The van der Waals surface area contributed by atoms with Crippen LogP contribution in [0, 0.1) is 12.8 Å². The van der Waals surface area contributed by atoms with E-state index in [2.05, 4.69) is 5.16 Å². The molecule has 0 saturated heterocycles. The van der Waals surface area contributed by atoms with Crippen LogP contribution in [0.5, 0.6) is 5.75 Å². The predicted molar refractivity (Wildman–Crippen MR) is 129 cm³/mol. The summed E-state index contributed by atoms with van der Waals surface area (Å²) in [4.78, 5) is 29.3. The van der Waals surface area contributed by atoms with Crippen LogP contribution < -0.4 is 4.74 Å². The molecule has 10 nitrogen and oxygen atoms in total. The fourth-order valence-corrected chi connectivity index (χ4v) is 5.77. The summed E-state index contributed by atoms with van der Waals surface area (Å²) in [6.45, 7) is 4.15. The molecule has 0 radical (unpaired) electrons. The van der Waals surface area contributed by atoms with E-state index in [1.807, 2.05) is 6.92 Å². The number of hydrogen-bond acceptors (Lipinski definition) is 9. The van der Waals surface area contributed by atoms with Gasteiger partial charge in [-0.15, -0.1) is 0 Å². The molecule has 0 unspecified atom stereocenters. The second kappa shape index (κ2) is 10.7. The lowest BCUT2D eigenvalue weighted by Gasteiger charge is -2.37. The van der Waals surface area contributed by atoms with Gasteiger partial charge in [-0.05, 0) is 25.1 Å². The number of sulfonamides is 1. The lowest BCUT2D eigenvalue weighted by Crippen LogP contribution is -2.55. The normalized spacial score (nSPS) is 22.2. The largest absolute Gasteiger partial charge is 0.492 e. The van der Waals surface area contributed by atoms with Gasteiger partial charge >= 0.3 is 11.9 Å². The van der Waals surface area contributed by atoms with Crippen LogP contribution in [-0.4, -0.2) is 62.3 Å². The maximum atomic E-state index is 14.1. The van der Waals surface area contributed by atoms with E-state index >= 15 is 0 Å². The molecule has 0 aliphatic carbocycles. The smallest absolute Gasteiger partial charge is 0.303 e. The summed E-state index contributed by atoms with van der Waals surface area (Å²) < 4.78 is 46.3. The van der Waals surface area contributed by atoms with Gasteiger partial charge in [-0.25, -0.2) is 8.42 Å². The van der Waals surface area contributed by atoms with Crippen molar-refractivity contribution in [1.82, 2.24) is 4.31 Å². The molecular formula is C25H28N2O8S. The number of fused-ring (bicyclic) bond motifs is 2. The molecule has 192 valence electrons. The van der Waals surface area contributed by atoms with Crippen molar-refractivity contribution in [3.63, 3.8) is 0 Å². The van der Waals surface area contributed by atoms with Gasteiger partial charge in [-0.1, -0.05) is 41.1 Å². The number of aryl methyl sites for hydroxylation is 1. The molecule has 2 aliphatic rings. The highest BCUT2D eigenvalue weighted by atomic mass is 32.2. The Labute approximate surface area is 209 Å². The van der Waals surface area contributed by atoms with Crippen molar-refractivity contribution in [3.8, 4) is 5.75 Å². The lowest BCUT2D eigenvalue weighted by atomic mass is 9.95. The van der Waals surface area contributed by atoms with Crippen molar-refractivity contribution in [2.45, 2.75) is 44.4 Å². The van der Waals surface area contributed by atoms with E-state index in [1.165, 1.54) is 30.3 Å². The maximum absolute atomic E-state index is 14.1. The molecule has 0 spiro atoms. The van der Waals surface area contributed by atoms with Crippen molar-refractivity contribution < 1.29 is 37.1 Å². The fraction of sp³-hybridized carbons (Fsp3) is 0.400. The molecule has 2 aromatic carbocycles. The van der Waals surface area contributed by atoms with Crippen LogP contribution in [0.4, 0.5) is 0 Å². The summed E-state index contributed by atoms with van der Waals surface area (Å²) in [5.74, 6) is -1.16. The first-order chi connectivity index (χ1) is 17.2. The summed E-state index contributed by atoms with van der Waals surface area (Å²) in [6, 6.07) is 12.4. The Morgan fingerprint density at radius 1 is 1.06 bits per heavy atom. The standard InChI is InChI=1S/C25H28N2O8S/c1-16-8-10-21(11-9-16)36(30,31)27-12-19-6-4-5-7-23(19)33-13-20-14-34-26-24(20)25(35-18(3)29)22(27)15-32-17(2)28/h4-11,20,22,25H,12-15H2,1-3H3/t20-,22+,25+/m1/s1. The van der Waals surface area contributed by atoms with Crippen molar-refractivity contribution in [1.29, 1.82) is 0 Å². The third-order valence-corrected chi connectivity index (χ3v) is 7.88. The molecule has 2 heterocycles. The average Bonchev–Trinajstić information content (AvgIpc) is 3.30. The van der Waals surface area contributed by atoms with Crippen LogP contribution in [0.2, 0.25) is 0 Å². The van der Waals surface area contributed by atoms with Gasteiger partial charge in [0.1, 0.15) is 30.7 Å². The number of rotatable bonds is 5. The van der Waals surface area contributed by atoms with E-state index in [0.717, 1.165) is 5.56 Å². The molecule has 0 aromatic heterocycles. The average molecular weight is 517 g/mol. The van der Waals surface area contributed by atoms with E-state index in [-0.39, 0.29) is 31.3 Å². The molecule has 0 N–H and O–H groups in total. The van der Waals surface area contributed by atoms with Crippen molar-refractivity contribution in [3.05, 3.63) is 59.7 Å². The minimum absolute atomic E-state index is 0.0409. The number of oxime groups is 1. The van der Waals surface area contributed by atoms with Crippen molar-refractivity contribution in [2.24, 2.45) is 11.1 Å². The fourth-order valence-electron chi connectivity index (χ4n) is 4.18. The molecular weight excluding hydrogens is 488 g/mol. The van der Waals surface area contributed by atoms with E-state index in [0.29, 0.717) is 17.0 Å². The Balaban J connectivity index is 1.91. The van der Waals surface area contributed by atoms with E-state index in [4.69, 9.17) is 19.0 Å². The molecule has 2 aliphatic heterocycles. The third-order valence-electron chi connectivity index (χ3n) is 5.99. The number of hydrogen-bond donors (Lipinski definition) is 0. The molecule has 11 heteroatoms. The van der Waals surface area contributed by atoms with Crippen LogP contribution in [0.25, 0.3) is 0 Å². The molecule has 2 aromatic rings. The van der Waals surface area contributed by atoms with E-state index < -0.39 is 40.0 Å². The Morgan fingerprint density at radius 3 is 2.47 bits per heavy atom. The number of carbonyl (C=O) groups excluding carboxylic acids is 2. The number of carbonyl (C=O) groups is 2. The van der Waals surface area contributed by atoms with Gasteiger partial charge in [0.15, 0.2) is 6.10 Å². The molecule has 0 saturated carbocycles. The molecule has 36 heavy (non-hydrogen) atoms. The van der Waals surface area contributed by atoms with Gasteiger partial charge in [-0.2, -0.15) is 4.31 Å². The molecule has 0 amide bonds. The van der Waals surface area contributed by atoms with Gasteiger partial charge in [0.25, 0.3) is 0 Å². The zero-order valence-corrected chi connectivity index (χ0v) is 21.1. The maximum Gasteiger partial charge on any atom is 0.303 e. The number of ether oxygens (including phenoxy) is 3. The third kappa shape index (κ3) is 5.52. The van der Waals surface area contributed by atoms with Crippen LogP contribution in [0.1, 0.15) is 25.0 Å². The second-order valence-corrected chi connectivity index (χ2v) is 10.6. The molecule has 4 rings (SSSR count). The first kappa shape index (κ1) is 25.6. The van der Waals surface area contributed by atoms with Crippen LogP contribution >= 0.6 is 0 Å². The molecule has 0 fully saturated rings. The van der Waals surface area contributed by atoms with Crippen LogP contribution in [-0.2, 0) is 40.5 Å². The molecule has 3 atom stereocenters. The zero-order chi connectivity index (χ0) is 25.9. The minimum Gasteiger partial charge on any atom is -0.492 e. The lowest BCUT2D eigenvalue weighted by molar-refractivity contribution is -0.149. The second-order valence-electron chi connectivity index (χ2n) is 8.69. The SMILES string of the molecule is CC(=O)OC[C@H]1[C@H](OC(C)=O)C2=NOC[C@H]2COc2ccccc2CN1S(=O)(=O)c1ccc(C)cc1. The first-order valence-corrected chi connectivity index (χ1v) is 12.9. The van der Waals surface area contributed by atoms with Gasteiger partial charge in [0.05, 0.1) is 17.4 Å². The Hall–Kier alpha value is -3.44. The van der Waals surface area contributed by atoms with Crippen molar-refractivity contribution >= 4 is 27.7 Å². The van der Waals surface area contributed by atoms with Crippen molar-refractivity contribution in [2.75, 3.05) is 19.8 Å².